The number of nitrogens with zero attached hydrogens (tertiary/aromatic N) is 4. The predicted molar refractivity (Wildman–Crippen MR) is 117 cm³/mol. The smallest absolute Gasteiger partial charge is 0.350 e. The number of hydrogen-bond donors (Lipinski definition) is 1. The lowest BCUT2D eigenvalue weighted by molar-refractivity contribution is -0.137. The number of halogens is 4. The van der Waals surface area contributed by atoms with E-state index in [0.29, 0.717) is 34.9 Å². The van der Waals surface area contributed by atoms with E-state index in [1.165, 1.54) is 9.58 Å². The van der Waals surface area contributed by atoms with Crippen molar-refractivity contribution in [2.75, 3.05) is 20.6 Å². The molecule has 4 rings (SSSR count). The Labute approximate surface area is 193 Å². The van der Waals surface area contributed by atoms with Gasteiger partial charge in [-0.15, -0.1) is 0 Å². The molecule has 1 aromatic carbocycles. The number of aryl methyl sites for hydroxylation is 2. The molecule has 11 heteroatoms. The van der Waals surface area contributed by atoms with Gasteiger partial charge in [-0.3, -0.25) is 14.3 Å². The molecule has 0 bridgehead atoms. The van der Waals surface area contributed by atoms with Gasteiger partial charge in [0, 0.05) is 60.8 Å². The zero-order valence-electron chi connectivity index (χ0n) is 18.4. The topological polar surface area (TPSA) is 74.2 Å². The highest BCUT2D eigenvalue weighted by Crippen LogP contribution is 2.30. The lowest BCUT2D eigenvalue weighted by atomic mass is 10.0. The van der Waals surface area contributed by atoms with Crippen molar-refractivity contribution in [3.63, 3.8) is 0 Å². The van der Waals surface area contributed by atoms with E-state index in [9.17, 15) is 22.8 Å². The molecule has 3 heterocycles. The Morgan fingerprint density at radius 2 is 2.00 bits per heavy atom. The standard InChI is InChI=1S/C22H23ClF3N5O2/c1-12-14-10-13(23)4-5-16(14)27-18(12)21(33)30-8-6-17-15(11-30)19(20(32)29(2)3)28-31(17)9-7-22(24,25)26/h4-5,10,27H,6-9,11H2,1-3H3. The first kappa shape index (κ1) is 23.2. The quantitative estimate of drug-likeness (QED) is 0.607. The average Bonchev–Trinajstić information content (AvgIpc) is 3.28. The second kappa shape index (κ2) is 8.40. The molecule has 1 aliphatic rings. The highest BCUT2D eigenvalue weighted by molar-refractivity contribution is 6.31. The van der Waals surface area contributed by atoms with E-state index in [2.05, 4.69) is 10.1 Å². The van der Waals surface area contributed by atoms with Crippen molar-refractivity contribution in [3.8, 4) is 0 Å². The summed E-state index contributed by atoms with van der Waals surface area (Å²) in [6.45, 7) is 1.84. The van der Waals surface area contributed by atoms with E-state index in [1.54, 1.807) is 37.2 Å². The maximum atomic E-state index is 13.4. The normalized spacial score (nSPS) is 14.0. The minimum Gasteiger partial charge on any atom is -0.350 e. The molecule has 33 heavy (non-hydrogen) atoms. The van der Waals surface area contributed by atoms with Crippen molar-refractivity contribution in [2.24, 2.45) is 0 Å². The number of rotatable bonds is 4. The summed E-state index contributed by atoms with van der Waals surface area (Å²) in [5.41, 5.74) is 3.09. The van der Waals surface area contributed by atoms with Gasteiger partial charge in [0.1, 0.15) is 5.69 Å². The van der Waals surface area contributed by atoms with Crippen LogP contribution in [0.1, 0.15) is 44.2 Å². The molecule has 0 saturated carbocycles. The molecule has 1 aliphatic heterocycles. The number of alkyl halides is 3. The Kier molecular flexibility index (Phi) is 5.90. The Hall–Kier alpha value is -3.01. The molecule has 2 aromatic heterocycles. The summed E-state index contributed by atoms with van der Waals surface area (Å²) in [5, 5.41) is 5.61. The molecular weight excluding hydrogens is 459 g/mol. The van der Waals surface area contributed by atoms with Gasteiger partial charge in [0.15, 0.2) is 5.69 Å². The number of aromatic amines is 1. The first-order valence-electron chi connectivity index (χ1n) is 10.4. The Bertz CT molecular complexity index is 1250. The van der Waals surface area contributed by atoms with Crippen molar-refractivity contribution in [2.45, 2.75) is 39.0 Å². The van der Waals surface area contributed by atoms with Crippen LogP contribution in [0, 0.1) is 6.92 Å². The van der Waals surface area contributed by atoms with Crippen LogP contribution in [-0.2, 0) is 19.5 Å². The molecule has 0 radical (unpaired) electrons. The Morgan fingerprint density at radius 1 is 1.27 bits per heavy atom. The lowest BCUT2D eigenvalue weighted by Crippen LogP contribution is -2.37. The zero-order valence-corrected chi connectivity index (χ0v) is 19.1. The average molecular weight is 482 g/mol. The van der Waals surface area contributed by atoms with Crippen LogP contribution in [0.3, 0.4) is 0 Å². The fourth-order valence-electron chi connectivity index (χ4n) is 4.14. The van der Waals surface area contributed by atoms with Gasteiger partial charge in [0.25, 0.3) is 11.8 Å². The number of benzene rings is 1. The number of amides is 2. The second-order valence-corrected chi connectivity index (χ2v) is 8.79. The van der Waals surface area contributed by atoms with E-state index in [-0.39, 0.29) is 24.7 Å². The Balaban J connectivity index is 1.67. The monoisotopic (exact) mass is 481 g/mol. The molecule has 2 amide bonds. The fourth-order valence-corrected chi connectivity index (χ4v) is 4.31. The van der Waals surface area contributed by atoms with E-state index in [4.69, 9.17) is 11.6 Å². The van der Waals surface area contributed by atoms with Gasteiger partial charge < -0.3 is 14.8 Å². The number of aromatic nitrogens is 3. The first-order chi connectivity index (χ1) is 15.5. The van der Waals surface area contributed by atoms with E-state index in [1.807, 2.05) is 6.92 Å². The van der Waals surface area contributed by atoms with Crippen molar-refractivity contribution in [1.29, 1.82) is 0 Å². The minimum absolute atomic E-state index is 0.0785. The first-order valence-corrected chi connectivity index (χ1v) is 10.8. The van der Waals surface area contributed by atoms with Crippen molar-refractivity contribution in [3.05, 3.63) is 51.4 Å². The van der Waals surface area contributed by atoms with Gasteiger partial charge in [-0.25, -0.2) is 0 Å². The van der Waals surface area contributed by atoms with Crippen LogP contribution in [0.5, 0.6) is 0 Å². The summed E-state index contributed by atoms with van der Waals surface area (Å²) < 4.78 is 39.6. The molecule has 0 aliphatic carbocycles. The number of carbonyl (C=O) groups is 2. The lowest BCUT2D eigenvalue weighted by Gasteiger charge is -2.28. The van der Waals surface area contributed by atoms with Crippen LogP contribution in [0.25, 0.3) is 10.9 Å². The van der Waals surface area contributed by atoms with Crippen LogP contribution in [0.2, 0.25) is 5.02 Å². The van der Waals surface area contributed by atoms with E-state index in [0.717, 1.165) is 16.5 Å². The number of fused-ring (bicyclic) bond motifs is 2. The second-order valence-electron chi connectivity index (χ2n) is 8.35. The molecule has 7 nitrogen and oxygen atoms in total. The molecule has 0 saturated heterocycles. The molecule has 0 atom stereocenters. The maximum Gasteiger partial charge on any atom is 0.390 e. The molecule has 0 fully saturated rings. The Morgan fingerprint density at radius 3 is 2.67 bits per heavy atom. The predicted octanol–water partition coefficient (Wildman–Crippen LogP) is 4.18. The minimum atomic E-state index is -4.34. The number of nitrogens with one attached hydrogen (secondary N) is 1. The highest BCUT2D eigenvalue weighted by Gasteiger charge is 2.34. The SMILES string of the molecule is Cc1c(C(=O)N2CCc3c(c(C(=O)N(C)C)nn3CCC(F)(F)F)C2)[nH]c2ccc(Cl)cc12. The van der Waals surface area contributed by atoms with Gasteiger partial charge in [-0.05, 0) is 30.7 Å². The van der Waals surface area contributed by atoms with Gasteiger partial charge in [-0.2, -0.15) is 18.3 Å². The third-order valence-electron chi connectivity index (χ3n) is 5.87. The number of H-pyrrole nitrogens is 1. The van der Waals surface area contributed by atoms with Gasteiger partial charge >= 0.3 is 6.18 Å². The summed E-state index contributed by atoms with van der Waals surface area (Å²) in [5.74, 6) is -0.667. The molecule has 1 N–H and O–H groups in total. The van der Waals surface area contributed by atoms with Crippen molar-refractivity contribution in [1.82, 2.24) is 24.6 Å². The molecular formula is C22H23ClF3N5O2. The molecule has 0 spiro atoms. The molecule has 3 aromatic rings. The molecule has 0 unspecified atom stereocenters. The maximum absolute atomic E-state index is 13.4. The fraction of sp³-hybridized carbons (Fsp3) is 0.409. The van der Waals surface area contributed by atoms with Gasteiger partial charge in [-0.1, -0.05) is 11.6 Å². The van der Waals surface area contributed by atoms with Crippen LogP contribution in [0.15, 0.2) is 18.2 Å². The molecule has 176 valence electrons. The third kappa shape index (κ3) is 4.44. The number of hydrogen-bond acceptors (Lipinski definition) is 3. The van der Waals surface area contributed by atoms with Crippen molar-refractivity contribution >= 4 is 34.3 Å². The number of carbonyl (C=O) groups excluding carboxylic acids is 2. The summed E-state index contributed by atoms with van der Waals surface area (Å²) in [4.78, 5) is 32.1. The summed E-state index contributed by atoms with van der Waals surface area (Å²) in [6, 6.07) is 5.32. The largest absolute Gasteiger partial charge is 0.390 e. The van der Waals surface area contributed by atoms with Crippen LogP contribution >= 0.6 is 11.6 Å². The highest BCUT2D eigenvalue weighted by atomic mass is 35.5. The van der Waals surface area contributed by atoms with E-state index >= 15 is 0 Å². The van der Waals surface area contributed by atoms with Gasteiger partial charge in [0.05, 0.1) is 13.0 Å². The summed E-state index contributed by atoms with van der Waals surface area (Å²) in [6.07, 6.45) is -5.08. The van der Waals surface area contributed by atoms with Gasteiger partial charge in [0.2, 0.25) is 0 Å². The van der Waals surface area contributed by atoms with Crippen LogP contribution in [-0.4, -0.2) is 63.2 Å². The summed E-state index contributed by atoms with van der Waals surface area (Å²) >= 11 is 6.09. The summed E-state index contributed by atoms with van der Waals surface area (Å²) in [7, 11) is 3.10. The zero-order chi connectivity index (χ0) is 24.1. The van der Waals surface area contributed by atoms with Crippen LogP contribution in [0.4, 0.5) is 13.2 Å². The van der Waals surface area contributed by atoms with E-state index < -0.39 is 18.5 Å². The van der Waals surface area contributed by atoms with Crippen molar-refractivity contribution < 1.29 is 22.8 Å². The van der Waals surface area contributed by atoms with Crippen LogP contribution < -0.4 is 0 Å². The third-order valence-corrected chi connectivity index (χ3v) is 6.11.